The second kappa shape index (κ2) is 8.22. The van der Waals surface area contributed by atoms with Gasteiger partial charge < -0.3 is 9.52 Å². The Balaban J connectivity index is 1.78. The van der Waals surface area contributed by atoms with Gasteiger partial charge in [-0.2, -0.15) is 5.10 Å². The molecule has 0 fully saturated rings. The van der Waals surface area contributed by atoms with Gasteiger partial charge in [0, 0.05) is 11.6 Å². The monoisotopic (exact) mass is 410 g/mol. The second-order valence-electron chi connectivity index (χ2n) is 6.12. The smallest absolute Gasteiger partial charge is 0.335 e. The SMILES string of the molecule is Cc1cc(C(=O)O)ccc1-c1ccc(/C=N\Nc2ccc([N+](=O)[O-])cc2[N+](=O)[O-])o1. The molecule has 2 aromatic carbocycles. The van der Waals surface area contributed by atoms with Crippen LogP contribution in [0.15, 0.2) is 58.0 Å². The van der Waals surface area contributed by atoms with Crippen LogP contribution in [0.4, 0.5) is 17.1 Å². The third kappa shape index (κ3) is 4.30. The lowest BCUT2D eigenvalue weighted by molar-refractivity contribution is -0.393. The number of benzene rings is 2. The number of nitrogens with zero attached hydrogens (tertiary/aromatic N) is 3. The molecule has 0 radical (unpaired) electrons. The molecule has 0 atom stereocenters. The van der Waals surface area contributed by atoms with Crippen molar-refractivity contribution in [1.29, 1.82) is 0 Å². The zero-order chi connectivity index (χ0) is 21.8. The molecule has 0 amide bonds. The summed E-state index contributed by atoms with van der Waals surface area (Å²) < 4.78 is 5.66. The first-order valence-corrected chi connectivity index (χ1v) is 8.42. The highest BCUT2D eigenvalue weighted by Gasteiger charge is 2.19. The van der Waals surface area contributed by atoms with E-state index in [4.69, 9.17) is 9.52 Å². The molecule has 0 aliphatic carbocycles. The van der Waals surface area contributed by atoms with Crippen LogP contribution in [-0.2, 0) is 0 Å². The van der Waals surface area contributed by atoms with E-state index < -0.39 is 27.2 Å². The molecule has 3 aromatic rings. The number of aryl methyl sites for hydroxylation is 1. The van der Waals surface area contributed by atoms with E-state index in [-0.39, 0.29) is 11.3 Å². The van der Waals surface area contributed by atoms with E-state index in [0.29, 0.717) is 22.6 Å². The summed E-state index contributed by atoms with van der Waals surface area (Å²) in [6.07, 6.45) is 1.29. The normalized spacial score (nSPS) is 10.8. The van der Waals surface area contributed by atoms with Gasteiger partial charge in [0.2, 0.25) is 0 Å². The zero-order valence-electron chi connectivity index (χ0n) is 15.4. The van der Waals surface area contributed by atoms with Crippen LogP contribution in [0.25, 0.3) is 11.3 Å². The molecule has 0 aliphatic rings. The van der Waals surface area contributed by atoms with Gasteiger partial charge in [0.1, 0.15) is 17.2 Å². The highest BCUT2D eigenvalue weighted by molar-refractivity contribution is 5.89. The van der Waals surface area contributed by atoms with E-state index in [9.17, 15) is 25.0 Å². The van der Waals surface area contributed by atoms with Gasteiger partial charge in [-0.3, -0.25) is 25.7 Å². The van der Waals surface area contributed by atoms with Crippen LogP contribution >= 0.6 is 0 Å². The number of hydrazone groups is 1. The highest BCUT2D eigenvalue weighted by atomic mass is 16.6. The Morgan fingerprint density at radius 3 is 2.50 bits per heavy atom. The van der Waals surface area contributed by atoms with Crippen LogP contribution in [-0.4, -0.2) is 27.1 Å². The maximum atomic E-state index is 11.1. The van der Waals surface area contributed by atoms with Crippen molar-refractivity contribution in [1.82, 2.24) is 0 Å². The Labute approximate surface area is 168 Å². The van der Waals surface area contributed by atoms with Crippen molar-refractivity contribution in [2.24, 2.45) is 5.10 Å². The zero-order valence-corrected chi connectivity index (χ0v) is 15.4. The Hall–Kier alpha value is -4.54. The first-order valence-electron chi connectivity index (χ1n) is 8.42. The minimum atomic E-state index is -1.02. The topological polar surface area (TPSA) is 161 Å². The average Bonchev–Trinajstić information content (AvgIpc) is 3.16. The Bertz CT molecular complexity index is 1180. The van der Waals surface area contributed by atoms with E-state index in [1.807, 2.05) is 0 Å². The van der Waals surface area contributed by atoms with Crippen molar-refractivity contribution in [3.8, 4) is 11.3 Å². The predicted octanol–water partition coefficient (Wildman–Crippen LogP) is 4.22. The lowest BCUT2D eigenvalue weighted by atomic mass is 10.0. The minimum Gasteiger partial charge on any atom is -0.478 e. The molecule has 30 heavy (non-hydrogen) atoms. The van der Waals surface area contributed by atoms with Gasteiger partial charge in [-0.05, 0) is 42.8 Å². The Morgan fingerprint density at radius 1 is 1.10 bits per heavy atom. The lowest BCUT2D eigenvalue weighted by Gasteiger charge is -2.04. The average molecular weight is 410 g/mol. The summed E-state index contributed by atoms with van der Waals surface area (Å²) in [5.74, 6) is -0.195. The number of nitrogens with one attached hydrogen (secondary N) is 1. The van der Waals surface area contributed by atoms with Crippen molar-refractivity contribution < 1.29 is 24.2 Å². The van der Waals surface area contributed by atoms with Crippen LogP contribution in [0.5, 0.6) is 0 Å². The summed E-state index contributed by atoms with van der Waals surface area (Å²) in [7, 11) is 0. The predicted molar refractivity (Wildman–Crippen MR) is 107 cm³/mol. The number of carboxylic acid groups (broad SMARTS) is 1. The molecule has 1 heterocycles. The van der Waals surface area contributed by atoms with Gasteiger partial charge in [0.25, 0.3) is 5.69 Å². The molecule has 0 bridgehead atoms. The van der Waals surface area contributed by atoms with Crippen molar-refractivity contribution >= 4 is 29.2 Å². The number of nitro groups is 2. The number of non-ortho nitro benzene ring substituents is 1. The second-order valence-corrected chi connectivity index (χ2v) is 6.12. The molecule has 0 spiro atoms. The summed E-state index contributed by atoms with van der Waals surface area (Å²) in [6, 6.07) is 11.1. The maximum absolute atomic E-state index is 11.1. The summed E-state index contributed by atoms with van der Waals surface area (Å²) in [5, 5.41) is 34.8. The molecule has 11 nitrogen and oxygen atoms in total. The van der Waals surface area contributed by atoms with Gasteiger partial charge in [0.15, 0.2) is 0 Å². The van der Waals surface area contributed by atoms with Gasteiger partial charge >= 0.3 is 11.7 Å². The molecule has 1 aromatic heterocycles. The molecule has 0 aliphatic heterocycles. The van der Waals surface area contributed by atoms with E-state index >= 15 is 0 Å². The fourth-order valence-corrected chi connectivity index (χ4v) is 2.68. The molecular formula is C19H14N4O7. The van der Waals surface area contributed by atoms with E-state index in [1.54, 1.807) is 25.1 Å². The molecule has 0 saturated heterocycles. The van der Waals surface area contributed by atoms with Crippen LogP contribution in [0, 0.1) is 27.2 Å². The number of carboxylic acids is 1. The summed E-state index contributed by atoms with van der Waals surface area (Å²) in [5.41, 5.74) is 3.14. The van der Waals surface area contributed by atoms with Crippen molar-refractivity contribution in [3.63, 3.8) is 0 Å². The molecule has 3 rings (SSSR count). The minimum absolute atomic E-state index is 0.0197. The number of anilines is 1. The first kappa shape index (κ1) is 20.2. The Morgan fingerprint density at radius 2 is 1.87 bits per heavy atom. The van der Waals surface area contributed by atoms with Gasteiger partial charge in [-0.25, -0.2) is 4.79 Å². The van der Waals surface area contributed by atoms with Gasteiger partial charge in [-0.1, -0.05) is 6.07 Å². The molecule has 0 unspecified atom stereocenters. The molecule has 11 heteroatoms. The quantitative estimate of drug-likeness (QED) is 0.332. The third-order valence-electron chi connectivity index (χ3n) is 4.13. The van der Waals surface area contributed by atoms with E-state index in [0.717, 1.165) is 12.1 Å². The fraction of sp³-hybridized carbons (Fsp3) is 0.0526. The van der Waals surface area contributed by atoms with Gasteiger partial charge in [-0.15, -0.1) is 0 Å². The van der Waals surface area contributed by atoms with E-state index in [1.165, 1.54) is 24.4 Å². The van der Waals surface area contributed by atoms with E-state index in [2.05, 4.69) is 10.5 Å². The number of furan rings is 1. The lowest BCUT2D eigenvalue weighted by Crippen LogP contribution is -1.98. The molecule has 2 N–H and O–H groups in total. The highest BCUT2D eigenvalue weighted by Crippen LogP contribution is 2.29. The first-order chi connectivity index (χ1) is 14.3. The largest absolute Gasteiger partial charge is 0.478 e. The van der Waals surface area contributed by atoms with Crippen LogP contribution in [0.1, 0.15) is 21.7 Å². The number of aromatic carboxylic acids is 1. The van der Waals surface area contributed by atoms with Crippen LogP contribution in [0.3, 0.4) is 0 Å². The third-order valence-corrected chi connectivity index (χ3v) is 4.13. The Kier molecular flexibility index (Phi) is 5.54. The fourth-order valence-electron chi connectivity index (χ4n) is 2.68. The van der Waals surface area contributed by atoms with Gasteiger partial charge in [0.05, 0.1) is 27.7 Å². The number of nitro benzene ring substituents is 2. The number of carbonyl (C=O) groups is 1. The van der Waals surface area contributed by atoms with Crippen molar-refractivity contribution in [3.05, 3.63) is 85.6 Å². The van der Waals surface area contributed by atoms with Crippen LogP contribution < -0.4 is 5.43 Å². The van der Waals surface area contributed by atoms with Crippen molar-refractivity contribution in [2.45, 2.75) is 6.92 Å². The molecule has 0 saturated carbocycles. The summed E-state index contributed by atoms with van der Waals surface area (Å²) in [4.78, 5) is 31.5. The van der Waals surface area contributed by atoms with Crippen molar-refractivity contribution in [2.75, 3.05) is 5.43 Å². The number of rotatable bonds is 7. The number of hydrogen-bond donors (Lipinski definition) is 2. The maximum Gasteiger partial charge on any atom is 0.335 e. The van der Waals surface area contributed by atoms with Crippen LogP contribution in [0.2, 0.25) is 0 Å². The summed E-state index contributed by atoms with van der Waals surface area (Å²) >= 11 is 0. The number of hydrogen-bond acceptors (Lipinski definition) is 8. The standard InChI is InChI=1S/C19H14N4O7/c1-11-8-12(19(24)25)2-5-15(11)18-7-4-14(30-18)10-20-21-16-6-3-13(22(26)27)9-17(16)23(28)29/h2-10,21H,1H3,(H,24,25)/b20-10-. The molecule has 152 valence electrons. The molecular weight excluding hydrogens is 396 g/mol. The summed E-state index contributed by atoms with van der Waals surface area (Å²) in [6.45, 7) is 1.76.